The molecule has 0 fully saturated rings. The van der Waals surface area contributed by atoms with Gasteiger partial charge in [0.15, 0.2) is 0 Å². The highest BCUT2D eigenvalue weighted by Gasteiger charge is 2.18. The van der Waals surface area contributed by atoms with Crippen LogP contribution in [0.25, 0.3) is 0 Å². The zero-order chi connectivity index (χ0) is 13.8. The number of rotatable bonds is 6. The first-order chi connectivity index (χ1) is 8.34. The first-order valence-electron chi connectivity index (χ1n) is 5.70. The maximum atomic E-state index is 10.8. The molecule has 1 aromatic carbocycles. The van der Waals surface area contributed by atoms with Crippen LogP contribution < -0.4 is 10.5 Å². The van der Waals surface area contributed by atoms with Gasteiger partial charge in [-0.1, -0.05) is 19.1 Å². The average Bonchev–Trinajstić information content (AvgIpc) is 2.34. The van der Waals surface area contributed by atoms with Gasteiger partial charge in [0.25, 0.3) is 10.1 Å². The minimum atomic E-state index is -4.13. The van der Waals surface area contributed by atoms with E-state index < -0.39 is 15.5 Å². The molecule has 0 heterocycles. The molecule has 0 amide bonds. The molecule has 1 rings (SSSR count). The molecule has 2 atom stereocenters. The lowest BCUT2D eigenvalue weighted by atomic mass is 9.96. The summed E-state index contributed by atoms with van der Waals surface area (Å²) in [6.07, 6.45) is 0.819. The fourth-order valence-electron chi connectivity index (χ4n) is 1.66. The van der Waals surface area contributed by atoms with Crippen LogP contribution in [0.3, 0.4) is 0 Å². The molecular formula is C12H19NO4S. The van der Waals surface area contributed by atoms with E-state index in [0.717, 1.165) is 11.3 Å². The molecular weight excluding hydrogens is 254 g/mol. The minimum Gasteiger partial charge on any atom is -0.497 e. The van der Waals surface area contributed by atoms with Gasteiger partial charge in [-0.05, 0) is 36.5 Å². The topological polar surface area (TPSA) is 89.6 Å². The number of hydrogen-bond donors (Lipinski definition) is 2. The van der Waals surface area contributed by atoms with Crippen LogP contribution in [0.5, 0.6) is 5.75 Å². The fraction of sp³-hybridized carbons (Fsp3) is 0.500. The number of nitrogens with two attached hydrogens (primary N) is 1. The summed E-state index contributed by atoms with van der Waals surface area (Å²) in [4.78, 5) is 0. The average molecular weight is 273 g/mol. The Kier molecular flexibility index (Phi) is 5.13. The van der Waals surface area contributed by atoms with Crippen molar-refractivity contribution in [1.82, 2.24) is 0 Å². The van der Waals surface area contributed by atoms with Crippen molar-refractivity contribution in [3.8, 4) is 5.75 Å². The van der Waals surface area contributed by atoms with E-state index in [-0.39, 0.29) is 12.3 Å². The number of methoxy groups -OCH3 is 1. The van der Waals surface area contributed by atoms with Crippen LogP contribution in [0.15, 0.2) is 24.3 Å². The quantitative estimate of drug-likeness (QED) is 0.771. The van der Waals surface area contributed by atoms with Crippen molar-refractivity contribution >= 4 is 10.1 Å². The lowest BCUT2D eigenvalue weighted by Gasteiger charge is -2.14. The Bertz CT molecular complexity index is 469. The van der Waals surface area contributed by atoms with Crippen molar-refractivity contribution in [2.45, 2.75) is 31.1 Å². The molecule has 0 bridgehead atoms. The maximum absolute atomic E-state index is 10.8. The summed E-state index contributed by atoms with van der Waals surface area (Å²) in [5.41, 5.74) is 6.45. The Balaban J connectivity index is 2.57. The Morgan fingerprint density at radius 3 is 2.28 bits per heavy atom. The first kappa shape index (κ1) is 14.9. The third-order valence-corrected chi connectivity index (χ3v) is 3.95. The van der Waals surface area contributed by atoms with E-state index in [9.17, 15) is 8.42 Å². The van der Waals surface area contributed by atoms with Gasteiger partial charge in [0.05, 0.1) is 7.11 Å². The van der Waals surface area contributed by atoms with E-state index >= 15 is 0 Å². The summed E-state index contributed by atoms with van der Waals surface area (Å²) in [5, 5.41) is -1.21. The van der Waals surface area contributed by atoms with Crippen molar-refractivity contribution in [3.63, 3.8) is 0 Å². The van der Waals surface area contributed by atoms with Gasteiger partial charge in [-0.15, -0.1) is 0 Å². The zero-order valence-electron chi connectivity index (χ0n) is 10.5. The number of benzene rings is 1. The Hall–Kier alpha value is -1.11. The number of ether oxygens (including phenoxy) is 1. The fourth-order valence-corrected chi connectivity index (χ4v) is 2.10. The molecule has 0 radical (unpaired) electrons. The maximum Gasteiger partial charge on any atom is 0.280 e. The molecule has 1 unspecified atom stereocenters. The summed E-state index contributed by atoms with van der Waals surface area (Å²) >= 11 is 0. The van der Waals surface area contributed by atoms with Gasteiger partial charge >= 0.3 is 0 Å². The molecule has 0 saturated carbocycles. The van der Waals surface area contributed by atoms with Crippen molar-refractivity contribution in [1.29, 1.82) is 0 Å². The second-order valence-electron chi connectivity index (χ2n) is 4.30. The van der Waals surface area contributed by atoms with Gasteiger partial charge in [0.1, 0.15) is 11.1 Å². The van der Waals surface area contributed by atoms with E-state index in [1.807, 2.05) is 31.2 Å². The first-order valence-corrected chi connectivity index (χ1v) is 7.20. The highest BCUT2D eigenvalue weighted by atomic mass is 32.2. The van der Waals surface area contributed by atoms with Crippen LogP contribution in [0.4, 0.5) is 0 Å². The molecule has 18 heavy (non-hydrogen) atoms. The monoisotopic (exact) mass is 273 g/mol. The smallest absolute Gasteiger partial charge is 0.280 e. The second kappa shape index (κ2) is 6.17. The van der Waals surface area contributed by atoms with Crippen LogP contribution >= 0.6 is 0 Å². The van der Waals surface area contributed by atoms with Crippen LogP contribution in [-0.2, 0) is 10.1 Å². The molecule has 0 spiro atoms. The normalized spacial score (nSPS) is 15.1. The molecule has 0 aromatic heterocycles. The third-order valence-electron chi connectivity index (χ3n) is 2.95. The van der Waals surface area contributed by atoms with Gasteiger partial charge in [0.2, 0.25) is 0 Å². The van der Waals surface area contributed by atoms with E-state index in [1.54, 1.807) is 7.11 Å². The molecule has 0 saturated heterocycles. The predicted molar refractivity (Wildman–Crippen MR) is 70.2 cm³/mol. The summed E-state index contributed by atoms with van der Waals surface area (Å²) in [6, 6.07) is 7.58. The van der Waals surface area contributed by atoms with Crippen molar-refractivity contribution in [2.24, 2.45) is 5.73 Å². The van der Waals surface area contributed by atoms with Gasteiger partial charge in [0, 0.05) is 0 Å². The standard InChI is InChI=1S/C12H19NO4S/c1-9(3-8-12(13)18(14,15)16)10-4-6-11(17-2)7-5-10/h4-7,9,12H,3,8,13H2,1-2H3,(H,14,15,16)/t9-,12?/m0/s1. The van der Waals surface area contributed by atoms with Crippen molar-refractivity contribution < 1.29 is 17.7 Å². The van der Waals surface area contributed by atoms with Crippen molar-refractivity contribution in [2.75, 3.05) is 7.11 Å². The van der Waals surface area contributed by atoms with Gasteiger partial charge < -0.3 is 10.5 Å². The minimum absolute atomic E-state index is 0.170. The van der Waals surface area contributed by atoms with E-state index in [4.69, 9.17) is 15.0 Å². The molecule has 5 nitrogen and oxygen atoms in total. The zero-order valence-corrected chi connectivity index (χ0v) is 11.4. The molecule has 6 heteroatoms. The lowest BCUT2D eigenvalue weighted by molar-refractivity contribution is 0.414. The Morgan fingerprint density at radius 2 is 1.83 bits per heavy atom. The van der Waals surface area contributed by atoms with E-state index in [0.29, 0.717) is 6.42 Å². The molecule has 0 aliphatic heterocycles. The van der Waals surface area contributed by atoms with Gasteiger partial charge in [-0.2, -0.15) is 8.42 Å². The van der Waals surface area contributed by atoms with Crippen LogP contribution in [0, 0.1) is 0 Å². The summed E-state index contributed by atoms with van der Waals surface area (Å²) < 4.78 is 35.4. The lowest BCUT2D eigenvalue weighted by Crippen LogP contribution is -2.30. The Morgan fingerprint density at radius 1 is 1.28 bits per heavy atom. The molecule has 0 aliphatic carbocycles. The largest absolute Gasteiger partial charge is 0.497 e. The van der Waals surface area contributed by atoms with Crippen LogP contribution in [-0.4, -0.2) is 25.5 Å². The summed E-state index contributed by atoms with van der Waals surface area (Å²) in [6.45, 7) is 1.98. The third kappa shape index (κ3) is 4.29. The molecule has 0 aliphatic rings. The predicted octanol–water partition coefficient (Wildman–Crippen LogP) is 1.75. The number of hydrogen-bond acceptors (Lipinski definition) is 4. The SMILES string of the molecule is COc1ccc([C@@H](C)CCC(N)S(=O)(=O)O)cc1. The molecule has 1 aromatic rings. The van der Waals surface area contributed by atoms with E-state index in [2.05, 4.69) is 0 Å². The highest BCUT2D eigenvalue weighted by Crippen LogP contribution is 2.23. The van der Waals surface area contributed by atoms with Gasteiger partial charge in [-0.3, -0.25) is 4.55 Å². The highest BCUT2D eigenvalue weighted by molar-refractivity contribution is 7.86. The van der Waals surface area contributed by atoms with Crippen LogP contribution in [0.1, 0.15) is 31.2 Å². The second-order valence-corrected chi connectivity index (χ2v) is 5.94. The molecule has 3 N–H and O–H groups in total. The Labute approximate surface area is 108 Å². The summed E-state index contributed by atoms with van der Waals surface area (Å²) in [5.74, 6) is 0.948. The molecule has 102 valence electrons. The van der Waals surface area contributed by atoms with Gasteiger partial charge in [-0.25, -0.2) is 0 Å². The van der Waals surface area contributed by atoms with Crippen molar-refractivity contribution in [3.05, 3.63) is 29.8 Å². The van der Waals surface area contributed by atoms with Crippen LogP contribution in [0.2, 0.25) is 0 Å². The van der Waals surface area contributed by atoms with E-state index in [1.165, 1.54) is 0 Å². The summed E-state index contributed by atoms with van der Waals surface area (Å²) in [7, 11) is -2.53.